The highest BCUT2D eigenvalue weighted by Gasteiger charge is 2.15. The first kappa shape index (κ1) is 13.7. The minimum atomic E-state index is -0.865. The zero-order chi connectivity index (χ0) is 13.0. The van der Waals surface area contributed by atoms with Crippen LogP contribution in [0.25, 0.3) is 0 Å². The van der Waals surface area contributed by atoms with Crippen LogP contribution in [-0.2, 0) is 11.2 Å². The molecule has 1 atom stereocenters. The van der Waals surface area contributed by atoms with E-state index in [4.69, 9.17) is 10.1 Å². The van der Waals surface area contributed by atoms with E-state index in [1.165, 1.54) is 6.42 Å². The summed E-state index contributed by atoms with van der Waals surface area (Å²) in [5, 5.41) is 7.18. The van der Waals surface area contributed by atoms with Crippen molar-refractivity contribution in [3.63, 3.8) is 0 Å². The maximum Gasteiger partial charge on any atom is 0.213 e. The Bertz CT molecular complexity index is 430. The average Bonchev–Trinajstić information content (AvgIpc) is 2.38. The van der Waals surface area contributed by atoms with Crippen LogP contribution in [0.5, 0.6) is 0 Å². The molecule has 1 N–H and O–H groups in total. The molecule has 1 aliphatic rings. The third kappa shape index (κ3) is 3.62. The highest BCUT2D eigenvalue weighted by Crippen LogP contribution is 2.22. The molecule has 0 spiro atoms. The molecule has 0 saturated carbocycles. The average molecular weight is 314 g/mol. The predicted octanol–water partition coefficient (Wildman–Crippen LogP) is 4.25. The zero-order valence-corrected chi connectivity index (χ0v) is 11.8. The molecule has 1 aliphatic heterocycles. The third-order valence-electron chi connectivity index (χ3n) is 3.32. The smallest absolute Gasteiger partial charge is 0.213 e. The van der Waals surface area contributed by atoms with Crippen LogP contribution in [0.2, 0.25) is 0 Å². The Labute approximate surface area is 115 Å². The minimum absolute atomic E-state index is 0.295. The van der Waals surface area contributed by atoms with Gasteiger partial charge in [-0.05, 0) is 49.8 Å². The first-order valence-corrected chi connectivity index (χ1v) is 7.10. The molecule has 1 aromatic carbocycles. The van der Waals surface area contributed by atoms with Gasteiger partial charge in [0.15, 0.2) is 0 Å². The predicted molar refractivity (Wildman–Crippen MR) is 74.0 cm³/mol. The third-order valence-corrected chi connectivity index (χ3v) is 3.81. The molecule has 4 heteroatoms. The molecule has 0 bridgehead atoms. The largest absolute Gasteiger partial charge is 0.378 e. The second-order valence-corrected chi connectivity index (χ2v) is 5.56. The Morgan fingerprint density at radius 2 is 2.28 bits per heavy atom. The number of aryl methyl sites for hydroxylation is 1. The molecule has 2 rings (SSSR count). The van der Waals surface area contributed by atoms with Gasteiger partial charge in [0.1, 0.15) is 0 Å². The number of hydrogen-bond acceptors (Lipinski definition) is 2. The van der Waals surface area contributed by atoms with Crippen LogP contribution in [0.4, 0.5) is 4.39 Å². The standard InChI is InChI=1S/C14H17BrFNO/c15-11-6-4-10(13(9-11)14(16)17)5-7-12-3-1-2-8-18-12/h4,6,9,12,17H,1-3,5,7-8H2. The van der Waals surface area contributed by atoms with Crippen LogP contribution < -0.4 is 0 Å². The van der Waals surface area contributed by atoms with Crippen LogP contribution >= 0.6 is 15.9 Å². The van der Waals surface area contributed by atoms with Gasteiger partial charge in [0.05, 0.1) is 6.10 Å². The van der Waals surface area contributed by atoms with E-state index >= 15 is 0 Å². The fourth-order valence-corrected chi connectivity index (χ4v) is 2.68. The molecule has 18 heavy (non-hydrogen) atoms. The second-order valence-electron chi connectivity index (χ2n) is 4.64. The van der Waals surface area contributed by atoms with Crippen LogP contribution in [0.1, 0.15) is 36.8 Å². The number of rotatable bonds is 4. The summed E-state index contributed by atoms with van der Waals surface area (Å²) in [6, 6.07) is 5.44. The Kier molecular flexibility index (Phi) is 4.89. The van der Waals surface area contributed by atoms with E-state index < -0.39 is 5.97 Å². The summed E-state index contributed by atoms with van der Waals surface area (Å²) < 4.78 is 19.6. The van der Waals surface area contributed by atoms with Crippen molar-refractivity contribution in [2.75, 3.05) is 6.61 Å². The van der Waals surface area contributed by atoms with Gasteiger partial charge in [-0.1, -0.05) is 22.0 Å². The normalized spacial score (nSPS) is 19.8. The van der Waals surface area contributed by atoms with Crippen molar-refractivity contribution in [1.29, 1.82) is 5.41 Å². The van der Waals surface area contributed by atoms with Crippen molar-refractivity contribution < 1.29 is 9.13 Å². The van der Waals surface area contributed by atoms with Gasteiger partial charge in [-0.25, -0.2) is 0 Å². The van der Waals surface area contributed by atoms with Gasteiger partial charge in [-0.3, -0.25) is 5.41 Å². The van der Waals surface area contributed by atoms with Crippen LogP contribution in [-0.4, -0.2) is 18.7 Å². The van der Waals surface area contributed by atoms with Gasteiger partial charge in [-0.15, -0.1) is 0 Å². The number of hydrogen-bond donors (Lipinski definition) is 1. The maximum atomic E-state index is 13.2. The van der Waals surface area contributed by atoms with Crippen molar-refractivity contribution in [1.82, 2.24) is 0 Å². The van der Waals surface area contributed by atoms with Crippen molar-refractivity contribution in [3.8, 4) is 0 Å². The summed E-state index contributed by atoms with van der Waals surface area (Å²) in [5.74, 6) is -0.865. The summed E-state index contributed by atoms with van der Waals surface area (Å²) in [4.78, 5) is 0. The number of halogens is 2. The Morgan fingerprint density at radius 3 is 2.94 bits per heavy atom. The van der Waals surface area contributed by atoms with E-state index in [1.54, 1.807) is 6.07 Å². The van der Waals surface area contributed by atoms with E-state index in [0.29, 0.717) is 11.7 Å². The molecule has 1 heterocycles. The lowest BCUT2D eigenvalue weighted by molar-refractivity contribution is 0.0115. The monoisotopic (exact) mass is 313 g/mol. The first-order valence-electron chi connectivity index (χ1n) is 6.31. The molecule has 0 aliphatic carbocycles. The Morgan fingerprint density at radius 1 is 1.44 bits per heavy atom. The van der Waals surface area contributed by atoms with Gasteiger partial charge in [0.2, 0.25) is 5.97 Å². The highest BCUT2D eigenvalue weighted by molar-refractivity contribution is 9.10. The van der Waals surface area contributed by atoms with Crippen molar-refractivity contribution in [3.05, 3.63) is 33.8 Å². The summed E-state index contributed by atoms with van der Waals surface area (Å²) >= 11 is 3.30. The highest BCUT2D eigenvalue weighted by atomic mass is 79.9. The van der Waals surface area contributed by atoms with Gasteiger partial charge >= 0.3 is 0 Å². The summed E-state index contributed by atoms with van der Waals surface area (Å²) in [7, 11) is 0. The van der Waals surface area contributed by atoms with Crippen LogP contribution in [0, 0.1) is 5.41 Å². The zero-order valence-electron chi connectivity index (χ0n) is 10.2. The van der Waals surface area contributed by atoms with E-state index in [1.807, 2.05) is 12.1 Å². The molecule has 0 amide bonds. The molecular weight excluding hydrogens is 297 g/mol. The summed E-state index contributed by atoms with van der Waals surface area (Å²) in [6.07, 6.45) is 5.43. The van der Waals surface area contributed by atoms with E-state index in [2.05, 4.69) is 15.9 Å². The molecule has 1 fully saturated rings. The molecule has 98 valence electrons. The van der Waals surface area contributed by atoms with Crippen molar-refractivity contribution in [2.24, 2.45) is 0 Å². The summed E-state index contributed by atoms with van der Waals surface area (Å²) in [6.45, 7) is 0.844. The van der Waals surface area contributed by atoms with Crippen LogP contribution in [0.3, 0.4) is 0 Å². The first-order chi connectivity index (χ1) is 8.66. The number of benzene rings is 1. The van der Waals surface area contributed by atoms with Gasteiger partial charge in [0.25, 0.3) is 0 Å². The SMILES string of the molecule is N=C(F)c1cc(Br)ccc1CCC1CCCCO1. The second kappa shape index (κ2) is 6.43. The summed E-state index contributed by atoms with van der Waals surface area (Å²) in [5.41, 5.74) is 1.28. The van der Waals surface area contributed by atoms with E-state index in [-0.39, 0.29) is 0 Å². The molecule has 2 nitrogen and oxygen atoms in total. The molecule has 0 aromatic heterocycles. The maximum absolute atomic E-state index is 13.2. The topological polar surface area (TPSA) is 33.1 Å². The van der Waals surface area contributed by atoms with Gasteiger partial charge in [-0.2, -0.15) is 4.39 Å². The fraction of sp³-hybridized carbons (Fsp3) is 0.500. The minimum Gasteiger partial charge on any atom is -0.378 e. The molecule has 0 radical (unpaired) electrons. The number of nitrogens with one attached hydrogen (secondary N) is 1. The fourth-order valence-electron chi connectivity index (χ4n) is 2.32. The van der Waals surface area contributed by atoms with Crippen molar-refractivity contribution in [2.45, 2.75) is 38.2 Å². The van der Waals surface area contributed by atoms with Gasteiger partial charge in [0, 0.05) is 16.6 Å². The van der Waals surface area contributed by atoms with Gasteiger partial charge < -0.3 is 4.74 Å². The van der Waals surface area contributed by atoms with E-state index in [9.17, 15) is 4.39 Å². The number of ether oxygens (including phenoxy) is 1. The lowest BCUT2D eigenvalue weighted by atomic mass is 9.98. The Balaban J connectivity index is 2.01. The lowest BCUT2D eigenvalue weighted by Gasteiger charge is -2.22. The molecule has 1 unspecified atom stereocenters. The van der Waals surface area contributed by atoms with Crippen LogP contribution in [0.15, 0.2) is 22.7 Å². The molecule has 1 saturated heterocycles. The lowest BCUT2D eigenvalue weighted by Crippen LogP contribution is -2.19. The van der Waals surface area contributed by atoms with Crippen molar-refractivity contribution >= 4 is 21.9 Å². The molecular formula is C14H17BrFNO. The molecule has 1 aromatic rings. The quantitative estimate of drug-likeness (QED) is 0.828. The van der Waals surface area contributed by atoms with E-state index in [0.717, 1.165) is 42.3 Å². The Hall–Kier alpha value is -0.740.